The summed E-state index contributed by atoms with van der Waals surface area (Å²) in [7, 11) is 0. The van der Waals surface area contributed by atoms with Crippen LogP contribution in [-0.4, -0.2) is 47.6 Å². The van der Waals surface area contributed by atoms with Gasteiger partial charge in [0.15, 0.2) is 6.61 Å². The first-order chi connectivity index (χ1) is 16.0. The summed E-state index contributed by atoms with van der Waals surface area (Å²) >= 11 is 3.67. The lowest BCUT2D eigenvalue weighted by molar-refractivity contribution is 0.159. The Morgan fingerprint density at radius 3 is 1.55 bits per heavy atom. The number of hydrogen-bond donors (Lipinski definition) is 0. The van der Waals surface area contributed by atoms with Crippen LogP contribution in [0.2, 0.25) is 0 Å². The van der Waals surface area contributed by atoms with E-state index in [4.69, 9.17) is 16.1 Å². The van der Waals surface area contributed by atoms with Gasteiger partial charge in [-0.05, 0) is 32.3 Å². The van der Waals surface area contributed by atoms with Crippen molar-refractivity contribution in [2.45, 2.75) is 34.6 Å². The first kappa shape index (κ1) is 28.7. The lowest BCUT2D eigenvalue weighted by atomic mass is 10.1. The number of oxime groups is 2. The minimum Gasteiger partial charge on any atom is -0.396 e. The summed E-state index contributed by atoms with van der Waals surface area (Å²) in [5.41, 5.74) is 6.71. The first-order valence-electron chi connectivity index (χ1n) is 11.2. The van der Waals surface area contributed by atoms with Gasteiger partial charge in [-0.3, -0.25) is 0 Å². The normalized spacial score (nSPS) is 11.3. The van der Waals surface area contributed by atoms with Crippen molar-refractivity contribution in [3.05, 3.63) is 70.8 Å². The van der Waals surface area contributed by atoms with E-state index in [-0.39, 0.29) is 6.61 Å². The zero-order valence-corrected chi connectivity index (χ0v) is 22.1. The Hall–Kier alpha value is -2.36. The van der Waals surface area contributed by atoms with Crippen LogP contribution in [-0.2, 0) is 9.68 Å². The average Bonchev–Trinajstić information content (AvgIpc) is 2.83. The molecule has 2 aromatic carbocycles. The van der Waals surface area contributed by atoms with Crippen molar-refractivity contribution in [1.29, 1.82) is 0 Å². The third-order valence-electron chi connectivity index (χ3n) is 4.28. The molecule has 0 saturated heterocycles. The van der Waals surface area contributed by atoms with Gasteiger partial charge in [-0.2, -0.15) is 23.5 Å². The Kier molecular flexibility index (Phi) is 15.7. The van der Waals surface area contributed by atoms with Crippen LogP contribution in [0.5, 0.6) is 0 Å². The largest absolute Gasteiger partial charge is 0.396 e. The van der Waals surface area contributed by atoms with Crippen molar-refractivity contribution < 1.29 is 9.68 Å². The summed E-state index contributed by atoms with van der Waals surface area (Å²) in [6.07, 6.45) is 5.12. The first-order valence-corrected chi connectivity index (χ1v) is 13.5. The van der Waals surface area contributed by atoms with E-state index in [1.165, 1.54) is 11.1 Å². The van der Waals surface area contributed by atoms with Crippen LogP contribution in [0.25, 0.3) is 0 Å². The van der Waals surface area contributed by atoms with E-state index in [1.807, 2.05) is 30.4 Å². The number of hydrogen-bond acceptors (Lipinski definition) is 6. The molecule has 0 aliphatic heterocycles. The van der Waals surface area contributed by atoms with Gasteiger partial charge in [0.05, 0.1) is 11.4 Å². The van der Waals surface area contributed by atoms with Gasteiger partial charge in [-0.1, -0.05) is 89.7 Å². The predicted molar refractivity (Wildman–Crippen MR) is 148 cm³/mol. The van der Waals surface area contributed by atoms with Crippen LogP contribution < -0.4 is 0 Å². The molecule has 0 atom stereocenters. The second kappa shape index (κ2) is 18.1. The second-order valence-corrected chi connectivity index (χ2v) is 9.53. The van der Waals surface area contributed by atoms with E-state index < -0.39 is 0 Å². The van der Waals surface area contributed by atoms with Crippen molar-refractivity contribution in [2.75, 3.05) is 36.2 Å². The van der Waals surface area contributed by atoms with E-state index in [2.05, 4.69) is 92.5 Å². The summed E-state index contributed by atoms with van der Waals surface area (Å²) in [5, 5.41) is 8.28. The maximum absolute atomic E-state index is 5.15. The molecule has 0 radical (unpaired) electrons. The zero-order valence-electron chi connectivity index (χ0n) is 20.5. The number of thioether (sulfide) groups is 2. The molecule has 33 heavy (non-hydrogen) atoms. The third kappa shape index (κ3) is 12.5. The van der Waals surface area contributed by atoms with Crippen LogP contribution in [0.4, 0.5) is 0 Å². The van der Waals surface area contributed by atoms with E-state index >= 15 is 0 Å². The summed E-state index contributed by atoms with van der Waals surface area (Å²) < 4.78 is 0. The van der Waals surface area contributed by atoms with Crippen LogP contribution in [0.15, 0.2) is 58.8 Å². The topological polar surface area (TPSA) is 43.2 Å². The molecule has 2 rings (SSSR count). The van der Waals surface area contributed by atoms with Gasteiger partial charge in [0.1, 0.15) is 6.61 Å². The highest BCUT2D eigenvalue weighted by Crippen LogP contribution is 2.11. The molecule has 0 heterocycles. The smallest absolute Gasteiger partial charge is 0.177 e. The fourth-order valence-electron chi connectivity index (χ4n) is 2.50. The minimum absolute atomic E-state index is 0.214. The SMILES string of the molecule is C#CCO/N=C(\CSCC)c1ccc(C)cc1.CCO/N=C(\CSCC)c1ccc(C)cc1. The molecule has 178 valence electrons. The number of rotatable bonds is 12. The van der Waals surface area contributed by atoms with Gasteiger partial charge < -0.3 is 9.68 Å². The van der Waals surface area contributed by atoms with Crippen molar-refractivity contribution in [2.24, 2.45) is 10.3 Å². The number of aryl methyl sites for hydroxylation is 2. The van der Waals surface area contributed by atoms with E-state index in [9.17, 15) is 0 Å². The molecule has 0 fully saturated rings. The van der Waals surface area contributed by atoms with Crippen LogP contribution in [0.3, 0.4) is 0 Å². The Morgan fingerprint density at radius 2 is 1.18 bits per heavy atom. The van der Waals surface area contributed by atoms with Crippen molar-refractivity contribution >= 4 is 34.9 Å². The monoisotopic (exact) mass is 484 g/mol. The van der Waals surface area contributed by atoms with E-state index in [0.29, 0.717) is 6.61 Å². The molecular weight excluding hydrogens is 448 g/mol. The third-order valence-corrected chi connectivity index (χ3v) is 6.05. The Labute approximate surface area is 208 Å². The minimum atomic E-state index is 0.214. The quantitative estimate of drug-likeness (QED) is 0.147. The van der Waals surface area contributed by atoms with Gasteiger partial charge >= 0.3 is 0 Å². The van der Waals surface area contributed by atoms with Crippen molar-refractivity contribution in [3.8, 4) is 12.3 Å². The molecule has 0 spiro atoms. The van der Waals surface area contributed by atoms with Crippen molar-refractivity contribution in [3.63, 3.8) is 0 Å². The van der Waals surface area contributed by atoms with E-state index in [1.54, 1.807) is 0 Å². The van der Waals surface area contributed by atoms with Crippen molar-refractivity contribution in [1.82, 2.24) is 0 Å². The summed E-state index contributed by atoms with van der Waals surface area (Å²) in [5.74, 6) is 6.29. The molecule has 0 amide bonds. The Balaban J connectivity index is 0.000000331. The van der Waals surface area contributed by atoms with Gasteiger partial charge in [0.25, 0.3) is 0 Å². The lowest BCUT2D eigenvalue weighted by Gasteiger charge is -2.06. The number of benzene rings is 2. The average molecular weight is 485 g/mol. The molecule has 0 aliphatic carbocycles. The number of nitrogens with zero attached hydrogens (tertiary/aromatic N) is 2. The summed E-state index contributed by atoms with van der Waals surface area (Å²) in [6.45, 7) is 11.2. The molecule has 0 saturated carbocycles. The summed E-state index contributed by atoms with van der Waals surface area (Å²) in [4.78, 5) is 10.2. The molecular formula is C27H36N2O2S2. The van der Waals surface area contributed by atoms with Gasteiger partial charge in [-0.25, -0.2) is 0 Å². The van der Waals surface area contributed by atoms with Gasteiger partial charge in [-0.15, -0.1) is 6.42 Å². The Morgan fingerprint density at radius 1 is 0.758 bits per heavy atom. The highest BCUT2D eigenvalue weighted by Gasteiger charge is 2.05. The fraction of sp³-hybridized carbons (Fsp3) is 0.407. The van der Waals surface area contributed by atoms with E-state index in [0.717, 1.165) is 45.6 Å². The predicted octanol–water partition coefficient (Wildman–Crippen LogP) is 6.59. The molecule has 0 bridgehead atoms. The highest BCUT2D eigenvalue weighted by atomic mass is 32.2. The lowest BCUT2D eigenvalue weighted by Crippen LogP contribution is -2.06. The van der Waals surface area contributed by atoms with Gasteiger partial charge in [0.2, 0.25) is 0 Å². The zero-order chi connectivity index (χ0) is 24.3. The summed E-state index contributed by atoms with van der Waals surface area (Å²) in [6, 6.07) is 16.7. The highest BCUT2D eigenvalue weighted by molar-refractivity contribution is 8.00. The van der Waals surface area contributed by atoms with Crippen LogP contribution in [0.1, 0.15) is 43.0 Å². The molecule has 4 nitrogen and oxygen atoms in total. The molecule has 2 aromatic rings. The standard InChI is InChI=1S/C14H17NOS.C13H19NOS/c1-4-10-16-15-14(11-17-5-2)13-8-6-12(3)7-9-13;1-4-15-14-13(10-16-5-2)12-8-6-11(3)7-9-12/h1,6-9H,5,10-11H2,2-3H3;6-9H,4-5,10H2,1-3H3/b15-14+;14-13+. The van der Waals surface area contributed by atoms with Crippen LogP contribution in [0, 0.1) is 26.2 Å². The number of terminal acetylenes is 1. The Bertz CT molecular complexity index is 886. The van der Waals surface area contributed by atoms with Crippen LogP contribution >= 0.6 is 23.5 Å². The fourth-order valence-corrected chi connectivity index (χ4v) is 3.74. The molecule has 0 unspecified atom stereocenters. The van der Waals surface area contributed by atoms with Gasteiger partial charge in [0, 0.05) is 22.6 Å². The second-order valence-electron chi connectivity index (χ2n) is 6.98. The molecule has 0 aromatic heterocycles. The maximum atomic E-state index is 5.15. The molecule has 0 aliphatic rings. The molecule has 6 heteroatoms. The maximum Gasteiger partial charge on any atom is 0.177 e. The molecule has 0 N–H and O–H groups in total.